The molecule has 7 heteroatoms. The fourth-order valence-corrected chi connectivity index (χ4v) is 4.80. The van der Waals surface area contributed by atoms with E-state index in [1.165, 1.54) is 4.90 Å². The normalized spacial score (nSPS) is 20.2. The molecule has 2 aliphatic heterocycles. The van der Waals surface area contributed by atoms with Crippen LogP contribution >= 0.6 is 0 Å². The van der Waals surface area contributed by atoms with E-state index in [1.807, 2.05) is 31.2 Å². The fraction of sp³-hybridized carbons (Fsp3) is 0.292. The molecule has 0 radical (unpaired) electrons. The van der Waals surface area contributed by atoms with E-state index in [0.29, 0.717) is 30.8 Å². The molecule has 2 aliphatic rings. The van der Waals surface area contributed by atoms with Crippen molar-refractivity contribution in [3.63, 3.8) is 0 Å². The maximum Gasteiger partial charge on any atom is 0.332 e. The number of carbonyl (C=O) groups excluding carboxylic acids is 3. The summed E-state index contributed by atoms with van der Waals surface area (Å²) >= 11 is 0. The van der Waals surface area contributed by atoms with Gasteiger partial charge in [0.1, 0.15) is 0 Å². The Morgan fingerprint density at radius 1 is 1.13 bits per heavy atom. The minimum absolute atomic E-state index is 0.292. The molecule has 31 heavy (non-hydrogen) atoms. The number of nitrogens with zero attached hydrogens (tertiary/aromatic N) is 2. The van der Waals surface area contributed by atoms with Crippen LogP contribution in [0.4, 0.5) is 10.5 Å². The highest BCUT2D eigenvalue weighted by Gasteiger charge is 2.59. The lowest BCUT2D eigenvalue weighted by molar-refractivity contribution is -0.125. The van der Waals surface area contributed by atoms with Crippen molar-refractivity contribution in [3.8, 4) is 0 Å². The molecule has 158 valence electrons. The maximum absolute atomic E-state index is 13.8. The molecule has 4 amide bonds. The Kier molecular flexibility index (Phi) is 4.36. The maximum atomic E-state index is 13.8. The van der Waals surface area contributed by atoms with Crippen molar-refractivity contribution in [1.82, 2.24) is 15.2 Å². The largest absolute Gasteiger partial charge is 0.356 e. The Labute approximate surface area is 180 Å². The van der Waals surface area contributed by atoms with E-state index in [-0.39, 0.29) is 11.8 Å². The summed E-state index contributed by atoms with van der Waals surface area (Å²) in [7, 11) is 0. The molecule has 5 rings (SSSR count). The SMILES string of the molecule is CCCNC(=O)c1ccccc1N1C(=O)N2CCc3c([nH]c4ccccc34)[C@@]2(C)C1=O. The highest BCUT2D eigenvalue weighted by atomic mass is 16.2. The number of anilines is 1. The molecule has 0 saturated carbocycles. The van der Waals surface area contributed by atoms with Crippen LogP contribution in [-0.4, -0.2) is 40.8 Å². The number of urea groups is 1. The molecule has 7 nitrogen and oxygen atoms in total. The summed E-state index contributed by atoms with van der Waals surface area (Å²) in [6.07, 6.45) is 1.46. The Morgan fingerprint density at radius 2 is 1.87 bits per heavy atom. The zero-order chi connectivity index (χ0) is 21.8. The van der Waals surface area contributed by atoms with E-state index in [4.69, 9.17) is 0 Å². The average Bonchev–Trinajstić information content (AvgIpc) is 3.26. The van der Waals surface area contributed by atoms with Crippen LogP contribution in [0.25, 0.3) is 10.9 Å². The van der Waals surface area contributed by atoms with Crippen molar-refractivity contribution in [2.45, 2.75) is 32.2 Å². The third kappa shape index (κ3) is 2.62. The summed E-state index contributed by atoms with van der Waals surface area (Å²) in [4.78, 5) is 46.2. The van der Waals surface area contributed by atoms with Crippen LogP contribution in [-0.2, 0) is 16.8 Å². The summed E-state index contributed by atoms with van der Waals surface area (Å²) in [5.74, 6) is -0.639. The summed E-state index contributed by atoms with van der Waals surface area (Å²) in [6, 6.07) is 14.3. The Balaban J connectivity index is 1.62. The second-order valence-corrected chi connectivity index (χ2v) is 8.19. The van der Waals surface area contributed by atoms with Crippen LogP contribution in [0.15, 0.2) is 48.5 Å². The van der Waals surface area contributed by atoms with Crippen LogP contribution in [0.5, 0.6) is 0 Å². The van der Waals surface area contributed by atoms with E-state index in [9.17, 15) is 14.4 Å². The Bertz CT molecular complexity index is 1230. The molecule has 1 saturated heterocycles. The first-order valence-electron chi connectivity index (χ1n) is 10.6. The van der Waals surface area contributed by atoms with Gasteiger partial charge in [0.15, 0.2) is 5.54 Å². The minimum Gasteiger partial charge on any atom is -0.356 e. The molecule has 0 aliphatic carbocycles. The molecule has 0 spiro atoms. The summed E-state index contributed by atoms with van der Waals surface area (Å²) in [5, 5.41) is 3.92. The first-order chi connectivity index (χ1) is 15.0. The Hall–Kier alpha value is -3.61. The van der Waals surface area contributed by atoms with E-state index >= 15 is 0 Å². The van der Waals surface area contributed by atoms with Crippen molar-refractivity contribution in [1.29, 1.82) is 0 Å². The van der Waals surface area contributed by atoms with Crippen LogP contribution in [0, 0.1) is 0 Å². The molecule has 1 atom stereocenters. The zero-order valence-electron chi connectivity index (χ0n) is 17.6. The third-order valence-electron chi connectivity index (χ3n) is 6.39. The number of H-pyrrole nitrogens is 1. The molecule has 1 aromatic heterocycles. The number of fused-ring (bicyclic) bond motifs is 5. The summed E-state index contributed by atoms with van der Waals surface area (Å²) in [5.41, 5.74) is 2.28. The van der Waals surface area contributed by atoms with Crippen molar-refractivity contribution in [3.05, 3.63) is 65.4 Å². The first-order valence-corrected chi connectivity index (χ1v) is 10.6. The van der Waals surface area contributed by atoms with Crippen LogP contribution in [0.3, 0.4) is 0 Å². The Morgan fingerprint density at radius 3 is 2.68 bits per heavy atom. The standard InChI is InChI=1S/C24H24N4O3/c1-3-13-25-21(29)17-9-5-7-11-19(17)28-22(30)24(2)20-16(12-14-27(24)23(28)31)15-8-4-6-10-18(15)26-20/h4-11,26H,3,12-14H2,1-2H3,(H,25,29)/t24-/m0/s1. The highest BCUT2D eigenvalue weighted by Crippen LogP contribution is 2.45. The average molecular weight is 416 g/mol. The number of aromatic amines is 1. The number of aromatic nitrogens is 1. The summed E-state index contributed by atoms with van der Waals surface area (Å²) < 4.78 is 0. The number of hydrogen-bond acceptors (Lipinski definition) is 3. The second-order valence-electron chi connectivity index (χ2n) is 8.19. The van der Waals surface area contributed by atoms with Gasteiger partial charge in [-0.1, -0.05) is 37.3 Å². The van der Waals surface area contributed by atoms with E-state index < -0.39 is 11.6 Å². The van der Waals surface area contributed by atoms with Crippen molar-refractivity contribution < 1.29 is 14.4 Å². The molecule has 1 fully saturated rings. The van der Waals surface area contributed by atoms with Gasteiger partial charge >= 0.3 is 6.03 Å². The monoisotopic (exact) mass is 416 g/mol. The highest BCUT2D eigenvalue weighted by molar-refractivity contribution is 6.25. The van der Waals surface area contributed by atoms with Gasteiger partial charge in [-0.15, -0.1) is 0 Å². The van der Waals surface area contributed by atoms with Crippen LogP contribution < -0.4 is 10.2 Å². The van der Waals surface area contributed by atoms with Gasteiger partial charge in [0.25, 0.3) is 11.8 Å². The van der Waals surface area contributed by atoms with Gasteiger partial charge in [0.05, 0.1) is 16.9 Å². The number of hydrogen-bond donors (Lipinski definition) is 2. The number of benzene rings is 2. The lowest BCUT2D eigenvalue weighted by Gasteiger charge is -2.35. The second kappa shape index (κ2) is 6.97. The molecule has 0 bridgehead atoms. The zero-order valence-corrected chi connectivity index (χ0v) is 17.6. The molecular weight excluding hydrogens is 392 g/mol. The molecule has 3 heterocycles. The molecular formula is C24H24N4O3. The first kappa shape index (κ1) is 19.4. The molecule has 0 unspecified atom stereocenters. The quantitative estimate of drug-likeness (QED) is 0.638. The van der Waals surface area contributed by atoms with Gasteiger partial charge in [-0.05, 0) is 43.5 Å². The lowest BCUT2D eigenvalue weighted by atomic mass is 9.87. The molecule has 2 N–H and O–H groups in total. The minimum atomic E-state index is -1.14. The van der Waals surface area contributed by atoms with Gasteiger partial charge in [-0.25, -0.2) is 9.69 Å². The van der Waals surface area contributed by atoms with Crippen LogP contribution in [0.2, 0.25) is 0 Å². The smallest absolute Gasteiger partial charge is 0.332 e. The van der Waals surface area contributed by atoms with Crippen LogP contribution in [0.1, 0.15) is 41.9 Å². The van der Waals surface area contributed by atoms with Gasteiger partial charge in [0, 0.05) is 24.0 Å². The van der Waals surface area contributed by atoms with Gasteiger partial charge in [0.2, 0.25) is 0 Å². The number of imide groups is 1. The van der Waals surface area contributed by atoms with Crippen molar-refractivity contribution in [2.24, 2.45) is 0 Å². The van der Waals surface area contributed by atoms with Crippen molar-refractivity contribution >= 4 is 34.4 Å². The molecule has 3 aromatic rings. The predicted molar refractivity (Wildman–Crippen MR) is 118 cm³/mol. The lowest BCUT2D eigenvalue weighted by Crippen LogP contribution is -2.49. The van der Waals surface area contributed by atoms with E-state index in [1.54, 1.807) is 36.1 Å². The van der Waals surface area contributed by atoms with E-state index in [0.717, 1.165) is 28.6 Å². The predicted octanol–water partition coefficient (Wildman–Crippen LogP) is 3.55. The third-order valence-corrected chi connectivity index (χ3v) is 6.39. The molecule has 2 aromatic carbocycles. The number of rotatable bonds is 4. The number of nitrogens with one attached hydrogen (secondary N) is 2. The fourth-order valence-electron chi connectivity index (χ4n) is 4.80. The van der Waals surface area contributed by atoms with Gasteiger partial charge in [-0.3, -0.25) is 9.59 Å². The van der Waals surface area contributed by atoms with Gasteiger partial charge < -0.3 is 15.2 Å². The number of amides is 4. The van der Waals surface area contributed by atoms with Crippen molar-refractivity contribution in [2.75, 3.05) is 18.0 Å². The topological polar surface area (TPSA) is 85.5 Å². The number of carbonyl (C=O) groups is 3. The van der Waals surface area contributed by atoms with E-state index in [2.05, 4.69) is 10.3 Å². The number of para-hydroxylation sites is 2. The summed E-state index contributed by atoms with van der Waals surface area (Å²) in [6.45, 7) is 4.73. The van der Waals surface area contributed by atoms with Gasteiger partial charge in [-0.2, -0.15) is 0 Å².